The maximum Gasteiger partial charge on any atom is 0.315 e. The van der Waals surface area contributed by atoms with Crippen LogP contribution in [0.4, 0.5) is 4.79 Å². The molecule has 9 heteroatoms. The summed E-state index contributed by atoms with van der Waals surface area (Å²) in [7, 11) is 0. The van der Waals surface area contributed by atoms with Crippen molar-refractivity contribution < 1.29 is 24.5 Å². The van der Waals surface area contributed by atoms with Crippen LogP contribution in [0.1, 0.15) is 98.5 Å². The van der Waals surface area contributed by atoms with Crippen LogP contribution < -0.4 is 10.6 Å². The highest BCUT2D eigenvalue weighted by atomic mass is 35.5. The number of aliphatic hydroxyl groups is 2. The first-order chi connectivity index (χ1) is 27.6. The Morgan fingerprint density at radius 2 is 1.46 bits per heavy atom. The van der Waals surface area contributed by atoms with E-state index in [9.17, 15) is 15.0 Å². The molecule has 2 saturated heterocycles. The van der Waals surface area contributed by atoms with Gasteiger partial charge in [-0.25, -0.2) is 4.79 Å². The SMILES string of the molecule is C[C@H]1[C@@H](CN2CCC(O)(c3ccc(Cl)cc3)CC2)O[C@@H](c2cccc(-c3cccc(CNC(=O)NC45CC6CC(CC(C6)C4)C5)c3)c2)O[C@H]1c1ccc(CO)cc1. The molecule has 4 aromatic carbocycles. The molecule has 4 saturated carbocycles. The fraction of sp³-hybridized carbons (Fsp3) is 0.479. The Morgan fingerprint density at radius 1 is 0.807 bits per heavy atom. The van der Waals surface area contributed by atoms with Crippen LogP contribution in [0.5, 0.6) is 0 Å². The van der Waals surface area contributed by atoms with Crippen molar-refractivity contribution in [3.8, 4) is 11.1 Å². The Labute approximate surface area is 341 Å². The third kappa shape index (κ3) is 8.41. The van der Waals surface area contributed by atoms with E-state index < -0.39 is 11.9 Å². The van der Waals surface area contributed by atoms with E-state index in [1.807, 2.05) is 36.4 Å². The predicted octanol–water partition coefficient (Wildman–Crippen LogP) is 9.04. The molecule has 2 aliphatic heterocycles. The number of hydrogen-bond donors (Lipinski definition) is 4. The van der Waals surface area contributed by atoms with Crippen LogP contribution in [0, 0.1) is 23.7 Å². The lowest BCUT2D eigenvalue weighted by Crippen LogP contribution is -2.61. The lowest BCUT2D eigenvalue weighted by molar-refractivity contribution is -0.277. The minimum absolute atomic E-state index is 0.00780. The highest BCUT2D eigenvalue weighted by Gasteiger charge is 2.51. The number of nitrogens with one attached hydrogen (secondary N) is 2. The lowest BCUT2D eigenvalue weighted by atomic mass is 9.53. The van der Waals surface area contributed by atoms with E-state index in [1.54, 1.807) is 0 Å². The Kier molecular flexibility index (Phi) is 11.0. The number of benzene rings is 4. The predicted molar refractivity (Wildman–Crippen MR) is 222 cm³/mol. The van der Waals surface area contributed by atoms with Crippen molar-refractivity contribution in [2.45, 2.75) is 101 Å². The second-order valence-electron chi connectivity index (χ2n) is 18.0. The highest BCUT2D eigenvalue weighted by molar-refractivity contribution is 6.30. The number of aliphatic hydroxyl groups excluding tert-OH is 1. The summed E-state index contributed by atoms with van der Waals surface area (Å²) in [6.45, 7) is 4.86. The lowest BCUT2D eigenvalue weighted by Gasteiger charge is -2.56. The molecule has 0 spiro atoms. The van der Waals surface area contributed by atoms with Gasteiger partial charge in [-0.05, 0) is 127 Å². The molecular weight excluding hydrogens is 734 g/mol. The van der Waals surface area contributed by atoms with Crippen LogP contribution >= 0.6 is 11.6 Å². The van der Waals surface area contributed by atoms with Gasteiger partial charge < -0.3 is 35.2 Å². The molecule has 4 atom stereocenters. The quantitative estimate of drug-likeness (QED) is 0.128. The molecular formula is C48H56ClN3O5. The average molecular weight is 790 g/mol. The molecule has 10 rings (SSSR count). The summed E-state index contributed by atoms with van der Waals surface area (Å²) in [6, 6.07) is 32.3. The van der Waals surface area contributed by atoms with Crippen molar-refractivity contribution in [2.24, 2.45) is 23.7 Å². The minimum atomic E-state index is -0.878. The van der Waals surface area contributed by atoms with Crippen LogP contribution in [0.2, 0.25) is 5.02 Å². The van der Waals surface area contributed by atoms with E-state index in [2.05, 4.69) is 83.1 Å². The number of halogens is 1. The maximum atomic E-state index is 13.2. The van der Waals surface area contributed by atoms with Crippen molar-refractivity contribution in [3.05, 3.63) is 130 Å². The zero-order chi connectivity index (χ0) is 39.1. The monoisotopic (exact) mass is 789 g/mol. The molecule has 8 nitrogen and oxygen atoms in total. The number of piperidine rings is 1. The zero-order valence-corrected chi connectivity index (χ0v) is 33.7. The number of hydrogen-bond acceptors (Lipinski definition) is 6. The maximum absolute atomic E-state index is 13.2. The third-order valence-electron chi connectivity index (χ3n) is 13.9. The van der Waals surface area contributed by atoms with Crippen LogP contribution in [-0.4, -0.2) is 52.4 Å². The number of nitrogens with zero attached hydrogens (tertiary/aromatic N) is 1. The number of likely N-dealkylation sites (tertiary alicyclic amines) is 1. The molecule has 4 aliphatic carbocycles. The number of amides is 2. The number of rotatable bonds is 10. The molecule has 4 bridgehead atoms. The van der Waals surface area contributed by atoms with Gasteiger partial charge in [0.05, 0.1) is 24.4 Å². The molecule has 0 radical (unpaired) electrons. The first-order valence-corrected chi connectivity index (χ1v) is 21.5. The Balaban J connectivity index is 0.888. The van der Waals surface area contributed by atoms with Gasteiger partial charge in [0.2, 0.25) is 0 Å². The fourth-order valence-corrected chi connectivity index (χ4v) is 11.3. The molecule has 4 aromatic rings. The molecule has 2 amide bonds. The van der Waals surface area contributed by atoms with E-state index in [1.165, 1.54) is 19.3 Å². The molecule has 4 N–H and O–H groups in total. The second kappa shape index (κ2) is 16.1. The van der Waals surface area contributed by atoms with Gasteiger partial charge in [0, 0.05) is 48.2 Å². The third-order valence-corrected chi connectivity index (χ3v) is 14.2. The first kappa shape index (κ1) is 38.7. The number of urea groups is 1. The normalized spacial score (nSPS) is 30.6. The number of carbonyl (C=O) groups excluding carboxylic acids is 1. The molecule has 6 fully saturated rings. The van der Waals surface area contributed by atoms with Crippen molar-refractivity contribution >= 4 is 17.6 Å². The van der Waals surface area contributed by atoms with Gasteiger partial charge in [0.15, 0.2) is 6.29 Å². The molecule has 57 heavy (non-hydrogen) atoms. The second-order valence-corrected chi connectivity index (χ2v) is 18.4. The summed E-state index contributed by atoms with van der Waals surface area (Å²) in [5.41, 5.74) is 6.04. The van der Waals surface area contributed by atoms with Crippen LogP contribution in [-0.2, 0) is 28.2 Å². The Bertz CT molecular complexity index is 2000. The first-order valence-electron chi connectivity index (χ1n) is 21.1. The Hall–Kier alpha value is -3.76. The molecule has 6 aliphatic rings. The van der Waals surface area contributed by atoms with Gasteiger partial charge in [0.1, 0.15) is 0 Å². The number of ether oxygens (including phenoxy) is 2. The van der Waals surface area contributed by atoms with Crippen LogP contribution in [0.15, 0.2) is 97.1 Å². The highest BCUT2D eigenvalue weighted by Crippen LogP contribution is 2.55. The average Bonchev–Trinajstić information content (AvgIpc) is 3.21. The van der Waals surface area contributed by atoms with Gasteiger partial charge in [-0.3, -0.25) is 0 Å². The topological polar surface area (TPSA) is 103 Å². The van der Waals surface area contributed by atoms with E-state index in [0.29, 0.717) is 31.0 Å². The summed E-state index contributed by atoms with van der Waals surface area (Å²) >= 11 is 6.14. The summed E-state index contributed by atoms with van der Waals surface area (Å²) < 4.78 is 13.7. The fourth-order valence-electron chi connectivity index (χ4n) is 11.2. The van der Waals surface area contributed by atoms with E-state index >= 15 is 0 Å². The van der Waals surface area contributed by atoms with Crippen LogP contribution in [0.25, 0.3) is 11.1 Å². The van der Waals surface area contributed by atoms with Gasteiger partial charge in [-0.15, -0.1) is 0 Å². The smallest absolute Gasteiger partial charge is 0.315 e. The summed E-state index contributed by atoms with van der Waals surface area (Å²) in [5.74, 6) is 2.40. The van der Waals surface area contributed by atoms with Gasteiger partial charge in [-0.2, -0.15) is 0 Å². The van der Waals surface area contributed by atoms with Crippen molar-refractivity contribution in [1.82, 2.24) is 15.5 Å². The van der Waals surface area contributed by atoms with E-state index in [4.69, 9.17) is 21.1 Å². The van der Waals surface area contributed by atoms with E-state index in [0.717, 1.165) is 89.0 Å². The summed E-state index contributed by atoms with van der Waals surface area (Å²) in [4.78, 5) is 15.6. The molecule has 300 valence electrons. The van der Waals surface area contributed by atoms with E-state index in [-0.39, 0.29) is 36.3 Å². The standard InChI is InChI=1S/C48H56ClN3O5/c1-31-43(29-52-18-16-48(55,17-19-52)41-12-14-42(49)15-13-41)56-45(57-44(31)37-10-8-32(30-53)9-11-37)40-7-3-6-39(24-40)38-5-2-4-33(23-38)28-50-46(54)51-47-25-34-20-35(26-47)22-36(21-34)27-47/h2-15,23-24,31,34-36,43-45,53,55H,16-22,25-30H2,1H3,(H2,50,51,54)/t31-,34?,35?,36?,43+,44+,45+,47?/m0/s1. The Morgan fingerprint density at radius 3 is 2.12 bits per heavy atom. The zero-order valence-electron chi connectivity index (χ0n) is 32.9. The largest absolute Gasteiger partial charge is 0.392 e. The van der Waals surface area contributed by atoms with Crippen molar-refractivity contribution in [1.29, 1.82) is 0 Å². The van der Waals surface area contributed by atoms with Gasteiger partial charge in [0.25, 0.3) is 0 Å². The molecule has 0 unspecified atom stereocenters. The van der Waals surface area contributed by atoms with Crippen molar-refractivity contribution in [3.63, 3.8) is 0 Å². The molecule has 2 heterocycles. The van der Waals surface area contributed by atoms with Gasteiger partial charge >= 0.3 is 6.03 Å². The van der Waals surface area contributed by atoms with Crippen LogP contribution in [0.3, 0.4) is 0 Å². The van der Waals surface area contributed by atoms with Gasteiger partial charge in [-0.1, -0.05) is 91.3 Å². The van der Waals surface area contributed by atoms with Crippen molar-refractivity contribution in [2.75, 3.05) is 19.6 Å². The number of carbonyl (C=O) groups is 1. The minimum Gasteiger partial charge on any atom is -0.392 e. The molecule has 0 aromatic heterocycles. The summed E-state index contributed by atoms with van der Waals surface area (Å²) in [6.07, 6.45) is 7.78. The summed E-state index contributed by atoms with van der Waals surface area (Å²) in [5, 5.41) is 28.6.